The minimum atomic E-state index is -0.715. The first kappa shape index (κ1) is 16.5. The van der Waals surface area contributed by atoms with E-state index in [4.69, 9.17) is 4.74 Å². The molecule has 0 radical (unpaired) electrons. The van der Waals surface area contributed by atoms with Crippen molar-refractivity contribution in [3.8, 4) is 5.75 Å². The van der Waals surface area contributed by atoms with E-state index in [2.05, 4.69) is 20.6 Å². The highest BCUT2D eigenvalue weighted by molar-refractivity contribution is 7.21. The standard InChI is InChI=1S/C15H15N3O4S2/c1-3-21-15(20)18-17-12(19)7-22-10-6-11-13(16-8(2)24-11)14-9(10)4-5-23-14/h4-6H,3,7H2,1-2H3,(H,17,19)(H,18,20). The van der Waals surface area contributed by atoms with E-state index in [1.807, 2.05) is 24.4 Å². The van der Waals surface area contributed by atoms with Crippen LogP contribution in [0.3, 0.4) is 0 Å². The smallest absolute Gasteiger partial charge is 0.426 e. The Morgan fingerprint density at radius 3 is 2.96 bits per heavy atom. The van der Waals surface area contributed by atoms with Gasteiger partial charge in [-0.2, -0.15) is 0 Å². The number of ether oxygens (including phenoxy) is 2. The number of carbonyl (C=O) groups excluding carboxylic acids is 2. The monoisotopic (exact) mass is 365 g/mol. The van der Waals surface area contributed by atoms with Crippen molar-refractivity contribution < 1.29 is 19.1 Å². The van der Waals surface area contributed by atoms with Crippen LogP contribution >= 0.6 is 22.7 Å². The minimum absolute atomic E-state index is 0.222. The summed E-state index contributed by atoms with van der Waals surface area (Å²) in [7, 11) is 0. The summed E-state index contributed by atoms with van der Waals surface area (Å²) >= 11 is 3.17. The number of thiophene rings is 1. The third-order valence-corrected chi connectivity index (χ3v) is 4.95. The van der Waals surface area contributed by atoms with Gasteiger partial charge in [0, 0.05) is 11.5 Å². The number of amides is 2. The van der Waals surface area contributed by atoms with Gasteiger partial charge >= 0.3 is 6.09 Å². The van der Waals surface area contributed by atoms with E-state index in [0.717, 1.165) is 25.3 Å². The van der Waals surface area contributed by atoms with Crippen LogP contribution in [-0.2, 0) is 9.53 Å². The fourth-order valence-electron chi connectivity index (χ4n) is 2.17. The molecule has 0 bridgehead atoms. The van der Waals surface area contributed by atoms with Crippen LogP contribution in [0.15, 0.2) is 17.5 Å². The van der Waals surface area contributed by atoms with E-state index in [-0.39, 0.29) is 13.2 Å². The molecule has 2 aromatic heterocycles. The van der Waals surface area contributed by atoms with Crippen molar-refractivity contribution in [1.82, 2.24) is 15.8 Å². The van der Waals surface area contributed by atoms with Gasteiger partial charge in [-0.3, -0.25) is 10.2 Å². The topological polar surface area (TPSA) is 89.6 Å². The first-order valence-corrected chi connectivity index (χ1v) is 8.90. The number of aryl methyl sites for hydroxylation is 1. The van der Waals surface area contributed by atoms with Gasteiger partial charge < -0.3 is 9.47 Å². The third-order valence-electron chi connectivity index (χ3n) is 3.11. The molecule has 0 aliphatic heterocycles. The van der Waals surface area contributed by atoms with Gasteiger partial charge in [-0.15, -0.1) is 22.7 Å². The number of hydrogen-bond acceptors (Lipinski definition) is 7. The van der Waals surface area contributed by atoms with Gasteiger partial charge in [-0.1, -0.05) is 0 Å². The van der Waals surface area contributed by atoms with Crippen LogP contribution in [0.2, 0.25) is 0 Å². The molecule has 0 fully saturated rings. The molecular formula is C15H15N3O4S2. The van der Waals surface area contributed by atoms with E-state index in [1.54, 1.807) is 29.6 Å². The van der Waals surface area contributed by atoms with Crippen molar-refractivity contribution in [2.24, 2.45) is 0 Å². The minimum Gasteiger partial charge on any atom is -0.483 e. The Kier molecular flexibility index (Phi) is 4.81. The molecule has 0 saturated heterocycles. The van der Waals surface area contributed by atoms with Gasteiger partial charge in [-0.05, 0) is 25.3 Å². The van der Waals surface area contributed by atoms with Gasteiger partial charge in [0.25, 0.3) is 5.91 Å². The number of hydrogen-bond donors (Lipinski definition) is 2. The average Bonchev–Trinajstić information content (AvgIpc) is 3.16. The molecule has 0 aliphatic rings. The van der Waals surface area contributed by atoms with Crippen LogP contribution in [0.1, 0.15) is 11.9 Å². The molecule has 1 aromatic carbocycles. The third kappa shape index (κ3) is 3.41. The number of fused-ring (bicyclic) bond motifs is 3. The van der Waals surface area contributed by atoms with E-state index in [9.17, 15) is 9.59 Å². The second-order valence-electron chi connectivity index (χ2n) is 4.80. The van der Waals surface area contributed by atoms with Crippen LogP contribution in [-0.4, -0.2) is 30.2 Å². The quantitative estimate of drug-likeness (QED) is 0.694. The van der Waals surface area contributed by atoms with Crippen molar-refractivity contribution in [2.75, 3.05) is 13.2 Å². The summed E-state index contributed by atoms with van der Waals surface area (Å²) in [6.07, 6.45) is -0.715. The highest BCUT2D eigenvalue weighted by Gasteiger charge is 2.14. The summed E-state index contributed by atoms with van der Waals surface area (Å²) in [5.41, 5.74) is 5.32. The highest BCUT2D eigenvalue weighted by atomic mass is 32.1. The summed E-state index contributed by atoms with van der Waals surface area (Å²) in [5, 5.41) is 3.87. The van der Waals surface area contributed by atoms with Crippen LogP contribution in [0.25, 0.3) is 20.3 Å². The number of nitrogens with zero attached hydrogens (tertiary/aromatic N) is 1. The van der Waals surface area contributed by atoms with Crippen molar-refractivity contribution in [3.63, 3.8) is 0 Å². The lowest BCUT2D eigenvalue weighted by Crippen LogP contribution is -2.44. The summed E-state index contributed by atoms with van der Waals surface area (Å²) in [4.78, 5) is 27.4. The van der Waals surface area contributed by atoms with Crippen molar-refractivity contribution in [3.05, 3.63) is 22.5 Å². The van der Waals surface area contributed by atoms with Crippen LogP contribution in [0.5, 0.6) is 5.75 Å². The molecule has 2 heterocycles. The molecule has 0 unspecified atom stereocenters. The number of benzene rings is 1. The van der Waals surface area contributed by atoms with Gasteiger partial charge in [0.05, 0.1) is 26.5 Å². The van der Waals surface area contributed by atoms with Gasteiger partial charge in [-0.25, -0.2) is 15.2 Å². The first-order valence-electron chi connectivity index (χ1n) is 7.20. The predicted molar refractivity (Wildman–Crippen MR) is 93.5 cm³/mol. The second kappa shape index (κ2) is 7.02. The Labute approximate surface area is 145 Å². The molecule has 126 valence electrons. The zero-order chi connectivity index (χ0) is 17.1. The van der Waals surface area contributed by atoms with E-state index in [1.165, 1.54) is 0 Å². The average molecular weight is 365 g/mol. The Bertz CT molecular complexity index is 903. The molecule has 0 saturated carbocycles. The lowest BCUT2D eigenvalue weighted by Gasteiger charge is -2.09. The molecule has 0 aliphatic carbocycles. The molecule has 2 amide bonds. The number of rotatable bonds is 4. The number of nitrogens with one attached hydrogen (secondary N) is 2. The van der Waals surface area contributed by atoms with Crippen LogP contribution in [0, 0.1) is 6.92 Å². The highest BCUT2D eigenvalue weighted by Crippen LogP contribution is 2.38. The van der Waals surface area contributed by atoms with E-state index < -0.39 is 12.0 Å². The molecule has 0 atom stereocenters. The van der Waals surface area contributed by atoms with Gasteiger partial charge in [0.15, 0.2) is 6.61 Å². The Hall–Kier alpha value is -2.39. The second-order valence-corrected chi connectivity index (χ2v) is 6.95. The predicted octanol–water partition coefficient (Wildman–Crippen LogP) is 2.98. The Morgan fingerprint density at radius 2 is 2.17 bits per heavy atom. The van der Waals surface area contributed by atoms with Crippen molar-refractivity contribution >= 4 is 55.0 Å². The molecule has 0 spiro atoms. The summed E-state index contributed by atoms with van der Waals surface area (Å²) in [6, 6.07) is 3.83. The van der Waals surface area contributed by atoms with Gasteiger partial charge in [0.1, 0.15) is 5.75 Å². The van der Waals surface area contributed by atoms with E-state index in [0.29, 0.717) is 5.75 Å². The first-order chi connectivity index (χ1) is 11.6. The number of aromatic nitrogens is 1. The fraction of sp³-hybridized carbons (Fsp3) is 0.267. The zero-order valence-corrected chi connectivity index (χ0v) is 14.7. The lowest BCUT2D eigenvalue weighted by molar-refractivity contribution is -0.123. The summed E-state index contributed by atoms with van der Waals surface area (Å²) in [5.74, 6) is 0.140. The van der Waals surface area contributed by atoms with Crippen molar-refractivity contribution in [1.29, 1.82) is 0 Å². The Morgan fingerprint density at radius 1 is 1.33 bits per heavy atom. The summed E-state index contributed by atoms with van der Waals surface area (Å²) < 4.78 is 12.3. The number of thiazole rings is 1. The summed E-state index contributed by atoms with van der Waals surface area (Å²) in [6.45, 7) is 3.64. The maximum Gasteiger partial charge on any atom is 0.426 e. The molecule has 9 heteroatoms. The van der Waals surface area contributed by atoms with Crippen LogP contribution in [0.4, 0.5) is 4.79 Å². The van der Waals surface area contributed by atoms with Crippen LogP contribution < -0.4 is 15.6 Å². The molecule has 7 nitrogen and oxygen atoms in total. The maximum atomic E-state index is 11.8. The Balaban J connectivity index is 1.71. The van der Waals surface area contributed by atoms with Gasteiger partial charge in [0.2, 0.25) is 0 Å². The van der Waals surface area contributed by atoms with E-state index >= 15 is 0 Å². The zero-order valence-electron chi connectivity index (χ0n) is 13.0. The SMILES string of the molecule is CCOC(=O)NNC(=O)COc1cc2sc(C)nc2c2sccc12. The normalized spacial score (nSPS) is 10.8. The molecule has 3 rings (SSSR count). The molecule has 2 N–H and O–H groups in total. The fourth-order valence-corrected chi connectivity index (χ4v) is 4.01. The largest absolute Gasteiger partial charge is 0.483 e. The number of carbonyl (C=O) groups is 2. The molecule has 24 heavy (non-hydrogen) atoms. The molecular weight excluding hydrogens is 350 g/mol. The molecule has 3 aromatic rings. The number of hydrazine groups is 1. The lowest BCUT2D eigenvalue weighted by atomic mass is 10.2. The maximum absolute atomic E-state index is 11.8. The van der Waals surface area contributed by atoms with Crippen molar-refractivity contribution in [2.45, 2.75) is 13.8 Å².